The zero-order chi connectivity index (χ0) is 30.6. The van der Waals surface area contributed by atoms with Crippen LogP contribution in [-0.2, 0) is 39.8 Å². The number of fused-ring (bicyclic) bond motifs is 1. The van der Waals surface area contributed by atoms with Crippen molar-refractivity contribution in [2.75, 3.05) is 27.9 Å². The average Bonchev–Trinajstić information content (AvgIpc) is 3.47. The second-order valence-corrected chi connectivity index (χ2v) is 10.1. The van der Waals surface area contributed by atoms with E-state index in [0.29, 0.717) is 11.3 Å². The molecule has 2 aliphatic rings. The van der Waals surface area contributed by atoms with E-state index in [4.69, 9.17) is 33.2 Å². The van der Waals surface area contributed by atoms with Gasteiger partial charge in [-0.05, 0) is 31.5 Å². The molecule has 42 heavy (non-hydrogen) atoms. The number of alkyl carbamates (subject to hydrolysis) is 1. The topological polar surface area (TPSA) is 155 Å². The molecule has 6 atom stereocenters. The second kappa shape index (κ2) is 12.9. The molecule has 1 aromatic carbocycles. The summed E-state index contributed by atoms with van der Waals surface area (Å²) in [5.41, 5.74) is -0.460. The SMILES string of the molecule is C=CCOC(=O)N[C@H](C(=O)OC)[C@H](OC)[C@H]1O[C@@H](n2ccc(=O)n(Cc3ccc(OC)cc3)c2=O)C2OC(C)(C)O[C@H]21. The maximum absolute atomic E-state index is 13.7. The Labute approximate surface area is 241 Å². The first kappa shape index (κ1) is 31.0. The van der Waals surface area contributed by atoms with E-state index in [2.05, 4.69) is 11.9 Å². The number of carbonyl (C=O) groups is 2. The monoisotopic (exact) mass is 589 g/mol. The molecule has 228 valence electrons. The molecule has 1 N–H and O–H groups in total. The lowest BCUT2D eigenvalue weighted by molar-refractivity contribution is -0.212. The third kappa shape index (κ3) is 6.41. The zero-order valence-corrected chi connectivity index (χ0v) is 24.0. The van der Waals surface area contributed by atoms with Crippen LogP contribution in [0, 0.1) is 0 Å². The van der Waals surface area contributed by atoms with Crippen molar-refractivity contribution in [2.24, 2.45) is 0 Å². The summed E-state index contributed by atoms with van der Waals surface area (Å²) in [5.74, 6) is -1.29. The number of hydrogen-bond acceptors (Lipinski definition) is 11. The van der Waals surface area contributed by atoms with Gasteiger partial charge in [-0.3, -0.25) is 13.9 Å². The molecule has 0 bridgehead atoms. The molecule has 14 heteroatoms. The Morgan fingerprint density at radius 3 is 2.40 bits per heavy atom. The van der Waals surface area contributed by atoms with Crippen LogP contribution in [0.3, 0.4) is 0 Å². The van der Waals surface area contributed by atoms with Crippen LogP contribution in [0.2, 0.25) is 0 Å². The molecule has 0 radical (unpaired) electrons. The quantitative estimate of drug-likeness (QED) is 0.294. The Kier molecular flexibility index (Phi) is 9.51. The van der Waals surface area contributed by atoms with Gasteiger partial charge in [-0.25, -0.2) is 14.4 Å². The number of esters is 1. The summed E-state index contributed by atoms with van der Waals surface area (Å²) in [7, 11) is 4.02. The number of amides is 1. The summed E-state index contributed by atoms with van der Waals surface area (Å²) in [5, 5.41) is 2.44. The molecule has 1 amide bonds. The van der Waals surface area contributed by atoms with Gasteiger partial charge in [-0.1, -0.05) is 24.8 Å². The molecular formula is C28H35N3O11. The second-order valence-electron chi connectivity index (χ2n) is 10.1. The van der Waals surface area contributed by atoms with Crippen LogP contribution >= 0.6 is 0 Å². The van der Waals surface area contributed by atoms with E-state index < -0.39 is 65.8 Å². The number of hydrogen-bond donors (Lipinski definition) is 1. The summed E-state index contributed by atoms with van der Waals surface area (Å²) >= 11 is 0. The normalized spacial score (nSPS) is 23.8. The maximum Gasteiger partial charge on any atom is 0.408 e. The van der Waals surface area contributed by atoms with Gasteiger partial charge in [0.15, 0.2) is 18.1 Å². The van der Waals surface area contributed by atoms with Gasteiger partial charge in [0.25, 0.3) is 5.56 Å². The van der Waals surface area contributed by atoms with E-state index in [0.717, 1.165) is 11.7 Å². The smallest absolute Gasteiger partial charge is 0.408 e. The fourth-order valence-corrected chi connectivity index (χ4v) is 5.05. The van der Waals surface area contributed by atoms with Gasteiger partial charge in [-0.15, -0.1) is 0 Å². The lowest BCUT2D eigenvalue weighted by Crippen LogP contribution is -2.57. The average molecular weight is 590 g/mol. The molecule has 0 spiro atoms. The lowest BCUT2D eigenvalue weighted by Gasteiger charge is -2.32. The minimum absolute atomic E-state index is 0.00253. The van der Waals surface area contributed by atoms with Crippen LogP contribution in [0.15, 0.2) is 58.8 Å². The maximum atomic E-state index is 13.7. The minimum atomic E-state index is -1.38. The van der Waals surface area contributed by atoms with Gasteiger partial charge in [0.1, 0.15) is 36.8 Å². The molecule has 1 unspecified atom stereocenters. The molecule has 2 fully saturated rings. The van der Waals surface area contributed by atoms with Crippen molar-refractivity contribution in [3.63, 3.8) is 0 Å². The fraction of sp³-hybridized carbons (Fsp3) is 0.500. The van der Waals surface area contributed by atoms with Crippen molar-refractivity contribution in [1.82, 2.24) is 14.5 Å². The first-order chi connectivity index (χ1) is 20.0. The van der Waals surface area contributed by atoms with Gasteiger partial charge >= 0.3 is 17.8 Å². The number of carbonyl (C=O) groups excluding carboxylic acids is 2. The van der Waals surface area contributed by atoms with Crippen molar-refractivity contribution in [3.8, 4) is 5.75 Å². The van der Waals surface area contributed by atoms with E-state index in [9.17, 15) is 19.2 Å². The lowest BCUT2D eigenvalue weighted by atomic mass is 9.99. The van der Waals surface area contributed by atoms with Crippen LogP contribution in [0.4, 0.5) is 4.79 Å². The largest absolute Gasteiger partial charge is 0.497 e. The number of nitrogens with zero attached hydrogens (tertiary/aromatic N) is 2. The Bertz CT molecular complexity index is 1400. The predicted octanol–water partition coefficient (Wildman–Crippen LogP) is 0.953. The van der Waals surface area contributed by atoms with Crippen LogP contribution in [0.25, 0.3) is 0 Å². The first-order valence-corrected chi connectivity index (χ1v) is 13.1. The van der Waals surface area contributed by atoms with Crippen LogP contribution in [0.5, 0.6) is 5.75 Å². The minimum Gasteiger partial charge on any atom is -0.497 e. The standard InChI is InChI=1S/C28H35N3O11/c1-7-14-39-26(34)29-19(25(33)38-6)20(37-5)21-22-23(42-28(2,3)41-22)24(40-21)30-13-12-18(32)31(27(30)35)15-16-8-10-17(36-4)11-9-16/h7-13,19-24H,1,14-15H2,2-6H3,(H,29,34)/t19-,20-,21+,22-,23?,24+/m0/s1. The van der Waals surface area contributed by atoms with Crippen molar-refractivity contribution in [1.29, 1.82) is 0 Å². The highest BCUT2D eigenvalue weighted by atomic mass is 16.8. The molecule has 2 aliphatic heterocycles. The van der Waals surface area contributed by atoms with Gasteiger partial charge in [0, 0.05) is 19.4 Å². The summed E-state index contributed by atoms with van der Waals surface area (Å²) in [4.78, 5) is 51.6. The highest BCUT2D eigenvalue weighted by Gasteiger charge is 2.60. The Hall–Kier alpha value is -3.98. The molecule has 14 nitrogen and oxygen atoms in total. The third-order valence-electron chi connectivity index (χ3n) is 6.92. The van der Waals surface area contributed by atoms with Crippen LogP contribution in [0.1, 0.15) is 25.6 Å². The van der Waals surface area contributed by atoms with E-state index in [1.807, 2.05) is 0 Å². The molecule has 1 aromatic heterocycles. The third-order valence-corrected chi connectivity index (χ3v) is 6.92. The highest BCUT2D eigenvalue weighted by molar-refractivity contribution is 5.82. The zero-order valence-electron chi connectivity index (χ0n) is 24.0. The van der Waals surface area contributed by atoms with Crippen molar-refractivity contribution in [3.05, 3.63) is 75.6 Å². The summed E-state index contributed by atoms with van der Waals surface area (Å²) < 4.78 is 41.6. The number of ether oxygens (including phenoxy) is 7. The van der Waals surface area contributed by atoms with Crippen molar-refractivity contribution in [2.45, 2.75) is 62.9 Å². The highest BCUT2D eigenvalue weighted by Crippen LogP contribution is 2.44. The molecule has 3 heterocycles. The molecule has 2 aromatic rings. The number of methoxy groups -OCH3 is 3. The van der Waals surface area contributed by atoms with Crippen LogP contribution in [-0.4, -0.2) is 85.4 Å². The molecule has 0 aliphatic carbocycles. The summed E-state index contributed by atoms with van der Waals surface area (Å²) in [6.45, 7) is 6.78. The van der Waals surface area contributed by atoms with Crippen molar-refractivity contribution >= 4 is 12.1 Å². The van der Waals surface area contributed by atoms with Gasteiger partial charge in [-0.2, -0.15) is 0 Å². The summed E-state index contributed by atoms with van der Waals surface area (Å²) in [6, 6.07) is 6.83. The number of nitrogens with one attached hydrogen (secondary N) is 1. The van der Waals surface area contributed by atoms with E-state index in [-0.39, 0.29) is 13.2 Å². The van der Waals surface area contributed by atoms with E-state index in [1.54, 1.807) is 45.2 Å². The van der Waals surface area contributed by atoms with Crippen molar-refractivity contribution < 1.29 is 42.7 Å². The molecule has 0 saturated carbocycles. The van der Waals surface area contributed by atoms with Gasteiger partial charge in [0.05, 0.1) is 20.8 Å². The Balaban J connectivity index is 1.69. The number of aromatic nitrogens is 2. The fourth-order valence-electron chi connectivity index (χ4n) is 5.05. The Morgan fingerprint density at radius 2 is 1.79 bits per heavy atom. The molecular weight excluding hydrogens is 554 g/mol. The predicted molar refractivity (Wildman–Crippen MR) is 146 cm³/mol. The van der Waals surface area contributed by atoms with Crippen LogP contribution < -0.4 is 21.3 Å². The number of rotatable bonds is 11. The summed E-state index contributed by atoms with van der Waals surface area (Å²) in [6.07, 6.45) is -3.20. The van der Waals surface area contributed by atoms with E-state index in [1.165, 1.54) is 30.0 Å². The van der Waals surface area contributed by atoms with Gasteiger partial charge < -0.3 is 38.5 Å². The number of benzene rings is 1. The Morgan fingerprint density at radius 1 is 1.10 bits per heavy atom. The van der Waals surface area contributed by atoms with Gasteiger partial charge in [0.2, 0.25) is 0 Å². The molecule has 2 saturated heterocycles. The van der Waals surface area contributed by atoms with E-state index >= 15 is 0 Å². The first-order valence-electron chi connectivity index (χ1n) is 13.1. The molecule has 4 rings (SSSR count).